The number of aromatic amines is 1. The molecule has 21 heavy (non-hydrogen) atoms. The smallest absolute Gasteiger partial charge is 0.340 e. The molecule has 0 aliphatic heterocycles. The lowest BCUT2D eigenvalue weighted by Crippen LogP contribution is -2.03. The highest BCUT2D eigenvalue weighted by molar-refractivity contribution is 6.33. The van der Waals surface area contributed by atoms with Gasteiger partial charge in [-0.2, -0.15) is 5.10 Å². The maximum atomic E-state index is 11.3. The molecule has 3 rings (SSSR count). The van der Waals surface area contributed by atoms with Crippen molar-refractivity contribution in [3.63, 3.8) is 0 Å². The van der Waals surface area contributed by atoms with Gasteiger partial charge < -0.3 is 14.8 Å². The van der Waals surface area contributed by atoms with E-state index in [0.717, 1.165) is 0 Å². The fourth-order valence-electron chi connectivity index (χ4n) is 1.94. The second-order valence-corrected chi connectivity index (χ2v) is 4.42. The highest BCUT2D eigenvalue weighted by Crippen LogP contribution is 2.25. The minimum Gasteiger partial charge on any atom is -0.478 e. The molecule has 0 aliphatic carbocycles. The quantitative estimate of drug-likeness (QED) is 0.739. The topological polar surface area (TPSA) is 119 Å². The number of imidazole rings is 1. The maximum absolute atomic E-state index is 11.3. The molecule has 0 saturated carbocycles. The summed E-state index contributed by atoms with van der Waals surface area (Å²) >= 11 is 6.13. The second-order valence-electron chi connectivity index (χ2n) is 4.06. The summed E-state index contributed by atoms with van der Waals surface area (Å²) in [5.74, 6) is -0.874. The summed E-state index contributed by atoms with van der Waals surface area (Å²) in [5.41, 5.74) is 1.02. The lowest BCUT2D eigenvalue weighted by atomic mass is 10.2. The predicted octanol–water partition coefficient (Wildman–Crippen LogP) is 1.04. The van der Waals surface area contributed by atoms with E-state index in [9.17, 15) is 9.90 Å². The number of nitrogens with zero attached hydrogens (tertiary/aromatic N) is 5. The molecule has 10 heteroatoms. The molecule has 3 aromatic heterocycles. The van der Waals surface area contributed by atoms with Crippen molar-refractivity contribution >= 4 is 28.7 Å². The van der Waals surface area contributed by atoms with E-state index in [0.29, 0.717) is 17.0 Å². The third kappa shape index (κ3) is 2.12. The van der Waals surface area contributed by atoms with Crippen LogP contribution >= 0.6 is 11.6 Å². The van der Waals surface area contributed by atoms with Crippen molar-refractivity contribution in [1.29, 1.82) is 0 Å². The minimum absolute atomic E-state index is 0.0194. The molecule has 0 radical (unpaired) electrons. The highest BCUT2D eigenvalue weighted by Gasteiger charge is 2.24. The molecule has 9 nitrogen and oxygen atoms in total. The Morgan fingerprint density at radius 1 is 1.48 bits per heavy atom. The van der Waals surface area contributed by atoms with Crippen molar-refractivity contribution in [2.45, 2.75) is 6.61 Å². The number of H-pyrrole nitrogens is 1. The zero-order valence-electron chi connectivity index (χ0n) is 10.7. The normalized spacial score (nSPS) is 11.1. The summed E-state index contributed by atoms with van der Waals surface area (Å²) in [4.78, 5) is 26.3. The van der Waals surface area contributed by atoms with Gasteiger partial charge in [0.25, 0.3) is 0 Å². The standard InChI is InChI=1S/C11H9ClN6O3/c1-21-2-5-6(11(19)20)8(12)18(17-5)10-7-9(14-3-13-7)15-4-16-10/h3-4H,2H2,1H3,(H,19,20)(H,13,14,15,16). The maximum Gasteiger partial charge on any atom is 0.340 e. The Hall–Kier alpha value is -2.52. The number of hydrogen-bond acceptors (Lipinski definition) is 6. The number of hydrogen-bond donors (Lipinski definition) is 2. The van der Waals surface area contributed by atoms with Crippen molar-refractivity contribution in [1.82, 2.24) is 29.7 Å². The number of ether oxygens (including phenoxy) is 1. The van der Waals surface area contributed by atoms with Crippen LogP contribution < -0.4 is 0 Å². The third-order valence-corrected chi connectivity index (χ3v) is 3.15. The van der Waals surface area contributed by atoms with Crippen LogP contribution in [0.4, 0.5) is 0 Å². The van der Waals surface area contributed by atoms with Crippen molar-refractivity contribution in [3.05, 3.63) is 29.1 Å². The lowest BCUT2D eigenvalue weighted by Gasteiger charge is -2.02. The molecule has 108 valence electrons. The van der Waals surface area contributed by atoms with Crippen LogP contribution in [0.25, 0.3) is 17.0 Å². The first-order valence-corrected chi connectivity index (χ1v) is 6.15. The van der Waals surface area contributed by atoms with Gasteiger partial charge in [-0.1, -0.05) is 11.6 Å². The number of halogens is 1. The number of aromatic carboxylic acids is 1. The average Bonchev–Trinajstić information content (AvgIpc) is 3.03. The Morgan fingerprint density at radius 3 is 3.00 bits per heavy atom. The zero-order valence-corrected chi connectivity index (χ0v) is 11.5. The van der Waals surface area contributed by atoms with Crippen molar-refractivity contribution in [2.24, 2.45) is 0 Å². The van der Waals surface area contributed by atoms with E-state index >= 15 is 0 Å². The van der Waals surface area contributed by atoms with Crippen LogP contribution in [0.1, 0.15) is 16.1 Å². The van der Waals surface area contributed by atoms with Crippen molar-refractivity contribution < 1.29 is 14.6 Å². The Bertz CT molecular complexity index is 827. The van der Waals surface area contributed by atoms with E-state index in [1.54, 1.807) is 0 Å². The van der Waals surface area contributed by atoms with Crippen LogP contribution in [-0.4, -0.2) is 47.9 Å². The van der Waals surface area contributed by atoms with Gasteiger partial charge in [-0.15, -0.1) is 0 Å². The number of methoxy groups -OCH3 is 1. The summed E-state index contributed by atoms with van der Waals surface area (Å²) in [7, 11) is 1.44. The molecule has 0 saturated heterocycles. The van der Waals surface area contributed by atoms with Crippen LogP contribution in [0.2, 0.25) is 5.15 Å². The molecule has 0 aliphatic rings. The molecule has 0 amide bonds. The number of nitrogens with one attached hydrogen (secondary N) is 1. The fraction of sp³-hybridized carbons (Fsp3) is 0.182. The molecule has 3 heterocycles. The summed E-state index contributed by atoms with van der Waals surface area (Å²) in [6, 6.07) is 0. The molecule has 0 fully saturated rings. The Kier molecular flexibility index (Phi) is 3.28. The number of carbonyl (C=O) groups is 1. The van der Waals surface area contributed by atoms with Crippen LogP contribution in [0.5, 0.6) is 0 Å². The first-order valence-electron chi connectivity index (χ1n) is 5.77. The Balaban J connectivity index is 2.25. The monoisotopic (exact) mass is 308 g/mol. The summed E-state index contributed by atoms with van der Waals surface area (Å²) in [6.07, 6.45) is 2.75. The van der Waals surface area contributed by atoms with Gasteiger partial charge in [0.2, 0.25) is 0 Å². The fourth-order valence-corrected chi connectivity index (χ4v) is 2.25. The van der Waals surface area contributed by atoms with E-state index in [-0.39, 0.29) is 23.0 Å². The van der Waals surface area contributed by atoms with Gasteiger partial charge in [0, 0.05) is 7.11 Å². The number of aromatic nitrogens is 6. The minimum atomic E-state index is -1.19. The van der Waals surface area contributed by atoms with Gasteiger partial charge >= 0.3 is 5.97 Å². The predicted molar refractivity (Wildman–Crippen MR) is 71.5 cm³/mol. The van der Waals surface area contributed by atoms with Gasteiger partial charge in [0.05, 0.1) is 12.9 Å². The average molecular weight is 309 g/mol. The van der Waals surface area contributed by atoms with Gasteiger partial charge in [0.1, 0.15) is 28.3 Å². The molecule has 0 unspecified atom stereocenters. The summed E-state index contributed by atoms with van der Waals surface area (Å²) in [6.45, 7) is 0.0194. The van der Waals surface area contributed by atoms with E-state index < -0.39 is 5.97 Å². The third-order valence-electron chi connectivity index (χ3n) is 2.80. The highest BCUT2D eigenvalue weighted by atomic mass is 35.5. The summed E-state index contributed by atoms with van der Waals surface area (Å²) < 4.78 is 6.17. The molecular formula is C11H9ClN6O3. The molecule has 0 spiro atoms. The van der Waals surface area contributed by atoms with E-state index in [1.807, 2.05) is 0 Å². The van der Waals surface area contributed by atoms with Gasteiger partial charge in [-0.3, -0.25) is 0 Å². The summed E-state index contributed by atoms with van der Waals surface area (Å²) in [5, 5.41) is 13.4. The van der Waals surface area contributed by atoms with E-state index in [4.69, 9.17) is 16.3 Å². The molecule has 3 aromatic rings. The van der Waals surface area contributed by atoms with Crippen molar-refractivity contribution in [2.75, 3.05) is 7.11 Å². The van der Waals surface area contributed by atoms with E-state index in [2.05, 4.69) is 25.0 Å². The second kappa shape index (κ2) is 5.11. The Labute approximate surface area is 122 Å². The van der Waals surface area contributed by atoms with Gasteiger partial charge in [0.15, 0.2) is 11.5 Å². The lowest BCUT2D eigenvalue weighted by molar-refractivity contribution is 0.0692. The number of carboxylic acid groups (broad SMARTS) is 1. The van der Waals surface area contributed by atoms with Crippen LogP contribution in [0.3, 0.4) is 0 Å². The molecule has 0 bridgehead atoms. The zero-order chi connectivity index (χ0) is 15.0. The number of carboxylic acids is 1. The Morgan fingerprint density at radius 2 is 2.29 bits per heavy atom. The molecular weight excluding hydrogens is 300 g/mol. The van der Waals surface area contributed by atoms with Crippen molar-refractivity contribution in [3.8, 4) is 5.82 Å². The first-order chi connectivity index (χ1) is 10.1. The van der Waals surface area contributed by atoms with Crippen LogP contribution in [0, 0.1) is 0 Å². The van der Waals surface area contributed by atoms with Gasteiger partial charge in [-0.05, 0) is 0 Å². The largest absolute Gasteiger partial charge is 0.478 e. The van der Waals surface area contributed by atoms with Gasteiger partial charge in [-0.25, -0.2) is 24.4 Å². The molecule has 2 N–H and O–H groups in total. The van der Waals surface area contributed by atoms with Crippen LogP contribution in [-0.2, 0) is 11.3 Å². The number of rotatable bonds is 4. The molecule has 0 atom stereocenters. The molecule has 0 aromatic carbocycles. The van der Waals surface area contributed by atoms with Crippen LogP contribution in [0.15, 0.2) is 12.7 Å². The number of fused-ring (bicyclic) bond motifs is 1. The SMILES string of the molecule is COCc1nn(-c2ncnc3nc[nH]c23)c(Cl)c1C(=O)O. The van der Waals surface area contributed by atoms with E-state index in [1.165, 1.54) is 24.4 Å². The first kappa shape index (κ1) is 13.5.